The topological polar surface area (TPSA) is 86.7 Å². The average Bonchev–Trinajstić information content (AvgIpc) is 2.80. The highest BCUT2D eigenvalue weighted by Gasteiger charge is 2.73. The van der Waals surface area contributed by atoms with Crippen LogP contribution in [0.4, 0.5) is 0 Å². The first kappa shape index (κ1) is 11.8. The van der Waals surface area contributed by atoms with E-state index in [1.54, 1.807) is 6.92 Å². The highest BCUT2D eigenvalue weighted by atomic mass is 16.6. The Morgan fingerprint density at radius 2 is 1.30 bits per heavy atom. The van der Waals surface area contributed by atoms with Gasteiger partial charge in [-0.2, -0.15) is 0 Å². The van der Waals surface area contributed by atoms with Gasteiger partial charge in [0, 0.05) is 11.3 Å². The molecule has 0 aromatic rings. The van der Waals surface area contributed by atoms with Gasteiger partial charge in [-0.1, -0.05) is 18.6 Å². The zero-order chi connectivity index (χ0) is 14.4. The summed E-state index contributed by atoms with van der Waals surface area (Å²) < 4.78 is 9.53. The van der Waals surface area contributed by atoms with Crippen molar-refractivity contribution in [2.24, 2.45) is 35.0 Å². The van der Waals surface area contributed by atoms with Crippen LogP contribution in [0.3, 0.4) is 0 Å². The fourth-order valence-electron chi connectivity index (χ4n) is 4.77. The van der Waals surface area contributed by atoms with E-state index in [2.05, 4.69) is 0 Å². The van der Waals surface area contributed by atoms with E-state index in [9.17, 15) is 19.2 Å². The first-order valence-corrected chi connectivity index (χ1v) is 6.56. The fraction of sp³-hybridized carbons (Fsp3) is 0.571. The van der Waals surface area contributed by atoms with Gasteiger partial charge in [0.1, 0.15) is 0 Å². The normalized spacial score (nSPS) is 48.7. The van der Waals surface area contributed by atoms with Gasteiger partial charge < -0.3 is 9.47 Å². The maximum Gasteiger partial charge on any atom is 0.318 e. The number of carbonyl (C=O) groups is 4. The van der Waals surface area contributed by atoms with E-state index < -0.39 is 58.9 Å². The van der Waals surface area contributed by atoms with Gasteiger partial charge in [-0.15, -0.1) is 0 Å². The van der Waals surface area contributed by atoms with Crippen molar-refractivity contribution in [1.29, 1.82) is 0 Å². The van der Waals surface area contributed by atoms with Gasteiger partial charge in [-0.05, 0) is 6.92 Å². The molecule has 6 nitrogen and oxygen atoms in total. The maximum absolute atomic E-state index is 12.0. The van der Waals surface area contributed by atoms with Crippen molar-refractivity contribution in [3.05, 3.63) is 11.6 Å². The number of hydrogen-bond acceptors (Lipinski definition) is 6. The Morgan fingerprint density at radius 3 is 1.75 bits per heavy atom. The van der Waals surface area contributed by atoms with Crippen molar-refractivity contribution in [2.45, 2.75) is 13.8 Å². The average molecular weight is 276 g/mol. The van der Waals surface area contributed by atoms with Crippen molar-refractivity contribution in [3.8, 4) is 0 Å². The zero-order valence-electron chi connectivity index (χ0n) is 10.9. The van der Waals surface area contributed by atoms with E-state index in [1.807, 2.05) is 13.0 Å². The molecule has 2 saturated heterocycles. The minimum Gasteiger partial charge on any atom is -0.393 e. The van der Waals surface area contributed by atoms with Crippen LogP contribution in [-0.2, 0) is 28.7 Å². The van der Waals surface area contributed by atoms with Crippen LogP contribution in [0.2, 0.25) is 0 Å². The second-order valence-electron chi connectivity index (χ2n) is 6.27. The molecule has 0 aromatic heterocycles. The molecule has 2 bridgehead atoms. The lowest BCUT2D eigenvalue weighted by Crippen LogP contribution is -2.57. The lowest BCUT2D eigenvalue weighted by atomic mass is 9.46. The molecule has 0 aromatic carbocycles. The summed E-state index contributed by atoms with van der Waals surface area (Å²) in [6.07, 6.45) is 1.85. The van der Waals surface area contributed by atoms with Crippen LogP contribution in [0.15, 0.2) is 11.6 Å². The largest absolute Gasteiger partial charge is 0.393 e. The molecule has 6 heteroatoms. The second-order valence-corrected chi connectivity index (χ2v) is 6.27. The van der Waals surface area contributed by atoms with E-state index >= 15 is 0 Å². The fourth-order valence-corrected chi connectivity index (χ4v) is 4.77. The van der Waals surface area contributed by atoms with Crippen LogP contribution in [0, 0.1) is 35.0 Å². The van der Waals surface area contributed by atoms with Gasteiger partial charge in [-0.3, -0.25) is 19.2 Å². The van der Waals surface area contributed by atoms with Crippen molar-refractivity contribution in [1.82, 2.24) is 0 Å². The molecule has 5 rings (SSSR count). The molecule has 4 unspecified atom stereocenters. The lowest BCUT2D eigenvalue weighted by molar-refractivity contribution is -0.154. The predicted octanol–water partition coefficient (Wildman–Crippen LogP) is 0.214. The Bertz CT molecular complexity index is 588. The minimum absolute atomic E-state index is 0.468. The molecule has 3 fully saturated rings. The van der Waals surface area contributed by atoms with Gasteiger partial charge >= 0.3 is 23.9 Å². The number of hydrogen-bond donors (Lipinski definition) is 0. The van der Waals surface area contributed by atoms with Gasteiger partial charge in [0.2, 0.25) is 0 Å². The van der Waals surface area contributed by atoms with Crippen molar-refractivity contribution in [3.63, 3.8) is 0 Å². The van der Waals surface area contributed by atoms with Gasteiger partial charge in [-0.25, -0.2) is 0 Å². The molecule has 20 heavy (non-hydrogen) atoms. The number of allylic oxidation sites excluding steroid dienone is 2. The number of rotatable bonds is 0. The Hall–Kier alpha value is -1.98. The van der Waals surface area contributed by atoms with Crippen LogP contribution < -0.4 is 0 Å². The molecule has 0 radical (unpaired) electrons. The van der Waals surface area contributed by atoms with Gasteiger partial charge in [0.15, 0.2) is 0 Å². The first-order chi connectivity index (χ1) is 9.36. The lowest BCUT2D eigenvalue weighted by Gasteiger charge is -2.51. The molecule has 3 aliphatic carbocycles. The number of esters is 4. The summed E-state index contributed by atoms with van der Waals surface area (Å²) in [5, 5.41) is 0. The monoisotopic (exact) mass is 276 g/mol. The molecular weight excluding hydrogens is 264 g/mol. The third kappa shape index (κ3) is 1.04. The predicted molar refractivity (Wildman–Crippen MR) is 61.5 cm³/mol. The van der Waals surface area contributed by atoms with E-state index in [0.717, 1.165) is 5.57 Å². The van der Waals surface area contributed by atoms with E-state index in [-0.39, 0.29) is 0 Å². The zero-order valence-corrected chi connectivity index (χ0v) is 10.9. The summed E-state index contributed by atoms with van der Waals surface area (Å²) in [6, 6.07) is 0. The smallest absolute Gasteiger partial charge is 0.318 e. The van der Waals surface area contributed by atoms with Gasteiger partial charge in [0.25, 0.3) is 0 Å². The highest BCUT2D eigenvalue weighted by molar-refractivity contribution is 6.03. The van der Waals surface area contributed by atoms with E-state index in [0.29, 0.717) is 0 Å². The summed E-state index contributed by atoms with van der Waals surface area (Å²) in [7, 11) is 0. The first-order valence-electron chi connectivity index (χ1n) is 6.56. The van der Waals surface area contributed by atoms with Crippen LogP contribution in [0.1, 0.15) is 13.8 Å². The summed E-state index contributed by atoms with van der Waals surface area (Å²) in [6.45, 7) is 3.56. The molecule has 2 heterocycles. The third-order valence-electron chi connectivity index (χ3n) is 5.35. The molecule has 4 atom stereocenters. The summed E-state index contributed by atoms with van der Waals surface area (Å²) in [5.41, 5.74) is -0.0333. The number of carbonyl (C=O) groups excluding carboxylic acids is 4. The molecule has 5 aliphatic rings. The van der Waals surface area contributed by atoms with Crippen LogP contribution >= 0.6 is 0 Å². The Morgan fingerprint density at radius 1 is 0.850 bits per heavy atom. The van der Waals surface area contributed by atoms with E-state index in [1.165, 1.54) is 0 Å². The standard InChI is InChI=1S/C14H12O6/c1-4-3-14(2)8-6(10(15)19-12(8)17)5(4)7-9(14)13(18)20-11(7)16/h3,5-9H,1-2H3. The molecule has 0 amide bonds. The van der Waals surface area contributed by atoms with Gasteiger partial charge in [0.05, 0.1) is 23.7 Å². The Balaban J connectivity index is 1.98. The van der Waals surface area contributed by atoms with E-state index in [4.69, 9.17) is 9.47 Å². The molecule has 1 saturated carbocycles. The number of ether oxygens (including phenoxy) is 2. The quantitative estimate of drug-likeness (QED) is 0.357. The molecule has 104 valence electrons. The minimum atomic E-state index is -0.888. The molecule has 2 aliphatic heterocycles. The Kier molecular flexibility index (Phi) is 1.88. The maximum atomic E-state index is 12.0. The summed E-state index contributed by atoms with van der Waals surface area (Å²) in [4.78, 5) is 47.9. The van der Waals surface area contributed by atoms with Crippen LogP contribution in [0.5, 0.6) is 0 Å². The Labute approximate surface area is 114 Å². The molecule has 0 spiro atoms. The van der Waals surface area contributed by atoms with Crippen molar-refractivity contribution in [2.75, 3.05) is 0 Å². The molecule has 0 N–H and O–H groups in total. The SMILES string of the molecule is CC1=CC2(C)C3C(=O)OC(=O)C3C1C1C(=O)OC(=O)C12. The van der Waals surface area contributed by atoms with Crippen molar-refractivity contribution < 1.29 is 28.7 Å². The highest BCUT2D eigenvalue weighted by Crippen LogP contribution is 2.64. The number of cyclic esters (lactones) is 4. The summed E-state index contributed by atoms with van der Waals surface area (Å²) >= 11 is 0. The second kappa shape index (κ2) is 3.19. The summed E-state index contributed by atoms with van der Waals surface area (Å²) in [5.74, 6) is -5.56. The van der Waals surface area contributed by atoms with Crippen molar-refractivity contribution >= 4 is 23.9 Å². The van der Waals surface area contributed by atoms with Crippen LogP contribution in [-0.4, -0.2) is 23.9 Å². The third-order valence-corrected chi connectivity index (χ3v) is 5.35. The van der Waals surface area contributed by atoms with Crippen LogP contribution in [0.25, 0.3) is 0 Å². The molecular formula is C14H12O6.